The van der Waals surface area contributed by atoms with Gasteiger partial charge in [0.05, 0.1) is 13.7 Å². The fourth-order valence-corrected chi connectivity index (χ4v) is 1.20. The fourth-order valence-electron chi connectivity index (χ4n) is 1.20. The topological polar surface area (TPSA) is 61.7 Å². The number of rotatable bonds is 5. The molecule has 0 bridgehead atoms. The third kappa shape index (κ3) is 3.42. The number of aliphatic hydroxyl groups is 1. The number of benzene rings is 1. The minimum atomic E-state index is 0.0502. The van der Waals surface area contributed by atoms with Gasteiger partial charge in [-0.3, -0.25) is 0 Å². The van der Waals surface area contributed by atoms with Gasteiger partial charge in [0.2, 0.25) is 0 Å². The van der Waals surface area contributed by atoms with E-state index in [1.165, 1.54) is 7.11 Å². The molecule has 3 N–H and O–H groups in total. The predicted molar refractivity (Wildman–Crippen MR) is 58.0 cm³/mol. The molecule has 1 rings (SSSR count). The summed E-state index contributed by atoms with van der Waals surface area (Å²) < 4.78 is 4.94. The Morgan fingerprint density at radius 1 is 1.47 bits per heavy atom. The number of hydrogen-bond donors (Lipinski definition) is 3. The minimum Gasteiger partial charge on any atom is -0.504 e. The van der Waals surface area contributed by atoms with Gasteiger partial charge in [-0.2, -0.15) is 0 Å². The van der Waals surface area contributed by atoms with Crippen molar-refractivity contribution in [2.45, 2.75) is 19.5 Å². The molecule has 0 spiro atoms. The second kappa shape index (κ2) is 5.58. The molecule has 0 heterocycles. The number of methoxy groups -OCH3 is 1. The van der Waals surface area contributed by atoms with Gasteiger partial charge in [0.1, 0.15) is 0 Å². The zero-order chi connectivity index (χ0) is 11.3. The van der Waals surface area contributed by atoms with Crippen molar-refractivity contribution in [2.75, 3.05) is 13.7 Å². The van der Waals surface area contributed by atoms with Crippen LogP contribution in [-0.2, 0) is 6.54 Å². The average Bonchev–Trinajstić information content (AvgIpc) is 2.26. The van der Waals surface area contributed by atoms with E-state index in [2.05, 4.69) is 5.32 Å². The maximum atomic E-state index is 9.51. The summed E-state index contributed by atoms with van der Waals surface area (Å²) in [7, 11) is 1.51. The molecule has 0 unspecified atom stereocenters. The Labute approximate surface area is 89.5 Å². The van der Waals surface area contributed by atoms with Gasteiger partial charge in [0.15, 0.2) is 11.5 Å². The molecule has 0 aromatic heterocycles. The van der Waals surface area contributed by atoms with Gasteiger partial charge in [-0.15, -0.1) is 0 Å². The van der Waals surface area contributed by atoms with Crippen LogP contribution < -0.4 is 10.1 Å². The molecule has 0 aliphatic heterocycles. The van der Waals surface area contributed by atoms with E-state index in [1.807, 2.05) is 13.0 Å². The predicted octanol–water partition coefficient (Wildman–Crippen LogP) is 0.871. The summed E-state index contributed by atoms with van der Waals surface area (Å²) in [4.78, 5) is 0. The van der Waals surface area contributed by atoms with E-state index in [0.717, 1.165) is 5.56 Å². The van der Waals surface area contributed by atoms with E-state index >= 15 is 0 Å². The van der Waals surface area contributed by atoms with Crippen LogP contribution in [0.3, 0.4) is 0 Å². The Bertz CT molecular complexity index is 315. The van der Waals surface area contributed by atoms with Crippen LogP contribution in [0.2, 0.25) is 0 Å². The van der Waals surface area contributed by atoms with Gasteiger partial charge < -0.3 is 20.3 Å². The van der Waals surface area contributed by atoms with Crippen molar-refractivity contribution in [2.24, 2.45) is 0 Å². The zero-order valence-electron chi connectivity index (χ0n) is 9.03. The van der Waals surface area contributed by atoms with E-state index in [9.17, 15) is 5.11 Å². The van der Waals surface area contributed by atoms with Crippen LogP contribution in [0.5, 0.6) is 11.5 Å². The number of hydrogen-bond acceptors (Lipinski definition) is 4. The highest BCUT2D eigenvalue weighted by Gasteiger charge is 2.03. The molecule has 0 radical (unpaired) electrons. The largest absolute Gasteiger partial charge is 0.504 e. The van der Waals surface area contributed by atoms with Crippen LogP contribution in [0, 0.1) is 0 Å². The molecule has 1 aromatic rings. The highest BCUT2D eigenvalue weighted by atomic mass is 16.5. The molecule has 0 aliphatic rings. The van der Waals surface area contributed by atoms with Gasteiger partial charge in [-0.25, -0.2) is 0 Å². The van der Waals surface area contributed by atoms with Crippen LogP contribution in [0.4, 0.5) is 0 Å². The average molecular weight is 211 g/mol. The summed E-state index contributed by atoms with van der Waals surface area (Å²) in [5.41, 5.74) is 0.952. The monoisotopic (exact) mass is 211 g/mol. The molecule has 4 nitrogen and oxygen atoms in total. The van der Waals surface area contributed by atoms with Gasteiger partial charge in [-0.1, -0.05) is 6.07 Å². The van der Waals surface area contributed by atoms with Crippen molar-refractivity contribution >= 4 is 0 Å². The van der Waals surface area contributed by atoms with Gasteiger partial charge in [0, 0.05) is 12.6 Å². The minimum absolute atomic E-state index is 0.0502. The Morgan fingerprint density at radius 3 is 2.73 bits per heavy atom. The summed E-state index contributed by atoms with van der Waals surface area (Å²) >= 11 is 0. The first-order valence-corrected chi connectivity index (χ1v) is 4.87. The van der Waals surface area contributed by atoms with Crippen molar-refractivity contribution in [3.63, 3.8) is 0 Å². The van der Waals surface area contributed by atoms with Crippen LogP contribution >= 0.6 is 0 Å². The Balaban J connectivity index is 2.59. The maximum absolute atomic E-state index is 9.51. The molecule has 0 aliphatic carbocycles. The fraction of sp³-hybridized carbons (Fsp3) is 0.455. The molecular formula is C11H17NO3. The number of ether oxygens (including phenoxy) is 1. The van der Waals surface area contributed by atoms with Gasteiger partial charge in [-0.05, 0) is 24.6 Å². The van der Waals surface area contributed by atoms with E-state index in [1.54, 1.807) is 12.1 Å². The maximum Gasteiger partial charge on any atom is 0.160 e. The first kappa shape index (κ1) is 11.8. The summed E-state index contributed by atoms with van der Waals surface area (Å²) in [6.45, 7) is 2.60. The quantitative estimate of drug-likeness (QED) is 0.676. The summed E-state index contributed by atoms with van der Waals surface area (Å²) in [5.74, 6) is 0.599. The Morgan fingerprint density at radius 2 is 2.20 bits per heavy atom. The van der Waals surface area contributed by atoms with E-state index in [4.69, 9.17) is 9.84 Å². The van der Waals surface area contributed by atoms with Gasteiger partial charge in [0.25, 0.3) is 0 Å². The van der Waals surface area contributed by atoms with Crippen LogP contribution in [-0.4, -0.2) is 30.0 Å². The second-order valence-corrected chi connectivity index (χ2v) is 3.47. The SMILES string of the molecule is COc1ccc(CN[C@H](C)CO)cc1O. The van der Waals surface area contributed by atoms with E-state index in [-0.39, 0.29) is 18.4 Å². The number of nitrogens with one attached hydrogen (secondary N) is 1. The third-order valence-electron chi connectivity index (χ3n) is 2.17. The van der Waals surface area contributed by atoms with E-state index in [0.29, 0.717) is 12.3 Å². The third-order valence-corrected chi connectivity index (χ3v) is 2.17. The molecule has 1 atom stereocenters. The van der Waals surface area contributed by atoms with Crippen LogP contribution in [0.25, 0.3) is 0 Å². The van der Waals surface area contributed by atoms with Crippen LogP contribution in [0.15, 0.2) is 18.2 Å². The summed E-state index contributed by atoms with van der Waals surface area (Å²) in [6.07, 6.45) is 0. The summed E-state index contributed by atoms with van der Waals surface area (Å²) in [6, 6.07) is 5.29. The van der Waals surface area contributed by atoms with Crippen molar-refractivity contribution in [3.05, 3.63) is 23.8 Å². The van der Waals surface area contributed by atoms with Crippen molar-refractivity contribution in [1.82, 2.24) is 5.32 Å². The smallest absolute Gasteiger partial charge is 0.160 e. The molecule has 0 fully saturated rings. The van der Waals surface area contributed by atoms with Crippen molar-refractivity contribution < 1.29 is 14.9 Å². The number of aromatic hydroxyl groups is 1. The lowest BCUT2D eigenvalue weighted by Crippen LogP contribution is -2.28. The molecule has 1 aromatic carbocycles. The summed E-state index contributed by atoms with van der Waals surface area (Å²) in [5, 5.41) is 21.4. The molecule has 0 saturated heterocycles. The molecular weight excluding hydrogens is 194 g/mol. The van der Waals surface area contributed by atoms with Crippen molar-refractivity contribution in [1.29, 1.82) is 0 Å². The Kier molecular flexibility index (Phi) is 4.39. The number of phenolic OH excluding ortho intramolecular Hbond substituents is 1. The number of phenols is 1. The molecule has 15 heavy (non-hydrogen) atoms. The van der Waals surface area contributed by atoms with E-state index < -0.39 is 0 Å². The molecule has 4 heteroatoms. The molecule has 84 valence electrons. The lowest BCUT2D eigenvalue weighted by Gasteiger charge is -2.11. The first-order chi connectivity index (χ1) is 7.17. The molecule has 0 saturated carbocycles. The first-order valence-electron chi connectivity index (χ1n) is 4.87. The zero-order valence-corrected chi connectivity index (χ0v) is 9.03. The van der Waals surface area contributed by atoms with Crippen molar-refractivity contribution in [3.8, 4) is 11.5 Å². The highest BCUT2D eigenvalue weighted by molar-refractivity contribution is 5.41. The second-order valence-electron chi connectivity index (χ2n) is 3.47. The Hall–Kier alpha value is -1.26. The van der Waals surface area contributed by atoms with Crippen LogP contribution in [0.1, 0.15) is 12.5 Å². The van der Waals surface area contributed by atoms with Gasteiger partial charge >= 0.3 is 0 Å². The standard InChI is InChI=1S/C11H17NO3/c1-8(7-13)12-6-9-3-4-11(15-2)10(14)5-9/h3-5,8,12-14H,6-7H2,1-2H3/t8-/m1/s1. The lowest BCUT2D eigenvalue weighted by molar-refractivity contribution is 0.251. The molecule has 0 amide bonds. The normalized spacial score (nSPS) is 12.5. The number of aliphatic hydroxyl groups excluding tert-OH is 1. The highest BCUT2D eigenvalue weighted by Crippen LogP contribution is 2.25. The lowest BCUT2D eigenvalue weighted by atomic mass is 10.2.